The van der Waals surface area contributed by atoms with E-state index in [4.69, 9.17) is 41.3 Å². The topological polar surface area (TPSA) is 185 Å². The molecule has 0 bridgehead atoms. The fraction of sp³-hybridized carbons (Fsp3) is 0.289. The first-order valence-corrected chi connectivity index (χ1v) is 18.8. The largest absolute Gasteiger partial charge is 0.488 e. The molecular weight excluding hydrogens is 865 g/mol. The van der Waals surface area contributed by atoms with Gasteiger partial charge in [0, 0.05) is 64.5 Å². The molecule has 17 heteroatoms. The van der Waals surface area contributed by atoms with Gasteiger partial charge in [0.2, 0.25) is 0 Å². The number of aromatic nitrogens is 3. The molecule has 5 N–H and O–H groups in total. The summed E-state index contributed by atoms with van der Waals surface area (Å²) < 4.78 is 18.8. The van der Waals surface area contributed by atoms with Crippen LogP contribution in [0.4, 0.5) is 0 Å². The minimum atomic E-state index is -1.43. The zero-order chi connectivity index (χ0) is 41.0. The van der Waals surface area contributed by atoms with Crippen molar-refractivity contribution in [3.63, 3.8) is 0 Å². The van der Waals surface area contributed by atoms with Crippen molar-refractivity contribution in [1.29, 1.82) is 0 Å². The second kappa shape index (κ2) is 29.6. The summed E-state index contributed by atoms with van der Waals surface area (Å²) in [6.07, 6.45) is 5.09. The van der Waals surface area contributed by atoms with E-state index in [-0.39, 0.29) is 29.9 Å². The van der Waals surface area contributed by atoms with Gasteiger partial charge in [-0.15, -0.1) is 11.6 Å². The molecule has 13 nitrogen and oxygen atoms in total. The van der Waals surface area contributed by atoms with Crippen molar-refractivity contribution in [3.05, 3.63) is 155 Å². The van der Waals surface area contributed by atoms with Crippen LogP contribution in [-0.4, -0.2) is 88.5 Å². The molecule has 298 valence electrons. The molecular formula is C38H47BBr2ClN3O10. The third-order valence-corrected chi connectivity index (χ3v) is 8.41. The Morgan fingerprint density at radius 3 is 1.58 bits per heavy atom. The lowest BCUT2D eigenvalue weighted by atomic mass is 9.80. The summed E-state index contributed by atoms with van der Waals surface area (Å²) in [6.45, 7) is 2.83. The van der Waals surface area contributed by atoms with E-state index in [0.29, 0.717) is 58.8 Å². The molecule has 0 aliphatic carbocycles. The van der Waals surface area contributed by atoms with E-state index in [1.54, 1.807) is 97.6 Å². The van der Waals surface area contributed by atoms with Gasteiger partial charge in [-0.1, -0.05) is 48.5 Å². The number of hydrogen-bond donors (Lipinski definition) is 5. The zero-order valence-corrected chi connectivity index (χ0v) is 34.7. The number of aliphatic hydroxyl groups excluding tert-OH is 2. The molecule has 0 radical (unpaired) electrons. The van der Waals surface area contributed by atoms with E-state index in [9.17, 15) is 14.4 Å². The average molecular weight is 912 g/mol. The summed E-state index contributed by atoms with van der Waals surface area (Å²) in [7, 11) is 3.43. The van der Waals surface area contributed by atoms with Gasteiger partial charge in [-0.2, -0.15) is 0 Å². The van der Waals surface area contributed by atoms with Gasteiger partial charge < -0.3 is 48.6 Å². The molecule has 0 unspecified atom stereocenters. The smallest absolute Gasteiger partial charge is 0.423 e. The van der Waals surface area contributed by atoms with Crippen LogP contribution in [0.1, 0.15) is 11.1 Å². The van der Waals surface area contributed by atoms with Crippen LogP contribution in [0.3, 0.4) is 0 Å². The minimum Gasteiger partial charge on any atom is -0.423 e. The Balaban J connectivity index is 0.000000367. The van der Waals surface area contributed by atoms with Crippen molar-refractivity contribution in [3.8, 4) is 11.1 Å². The predicted octanol–water partition coefficient (Wildman–Crippen LogP) is 3.78. The van der Waals surface area contributed by atoms with Gasteiger partial charge in [0.15, 0.2) is 0 Å². The van der Waals surface area contributed by atoms with Gasteiger partial charge in [-0.25, -0.2) is 0 Å². The Kier molecular flexibility index (Phi) is 26.5. The second-order valence-electron chi connectivity index (χ2n) is 10.9. The highest BCUT2D eigenvalue weighted by Gasteiger charge is 2.09. The number of pyridine rings is 3. The number of H-pyrrole nitrogens is 1. The number of aliphatic hydroxyl groups is 2. The summed E-state index contributed by atoms with van der Waals surface area (Å²) in [5, 5.41) is 35.0. The van der Waals surface area contributed by atoms with Gasteiger partial charge in [0.1, 0.15) is 0 Å². The van der Waals surface area contributed by atoms with Gasteiger partial charge in [-0.05, 0) is 90.4 Å². The molecule has 0 saturated heterocycles. The summed E-state index contributed by atoms with van der Waals surface area (Å²) >= 11 is 11.4. The number of alkyl halides is 1. The SMILES string of the molecule is COCCCl.COCCn1cccc(-c2ccc(CO)cc2)c1=O.COCCn1cccc(Br)c1=O.O=c1[nH]cccc1Br.OCc1ccc(B(O)O)cc1. The Morgan fingerprint density at radius 2 is 1.16 bits per heavy atom. The van der Waals surface area contributed by atoms with Gasteiger partial charge in [0.25, 0.3) is 16.7 Å². The van der Waals surface area contributed by atoms with E-state index in [1.165, 1.54) is 0 Å². The highest BCUT2D eigenvalue weighted by atomic mass is 79.9. The maximum Gasteiger partial charge on any atom is 0.488 e. The molecule has 0 saturated carbocycles. The number of ether oxygens (including phenoxy) is 3. The normalized spacial score (nSPS) is 9.93. The molecule has 2 aromatic carbocycles. The third-order valence-electron chi connectivity index (χ3n) is 7.03. The third kappa shape index (κ3) is 19.7. The van der Waals surface area contributed by atoms with Crippen LogP contribution in [0.25, 0.3) is 11.1 Å². The molecule has 3 aromatic heterocycles. The fourth-order valence-corrected chi connectivity index (χ4v) is 4.86. The lowest BCUT2D eigenvalue weighted by Gasteiger charge is -2.08. The number of methoxy groups -OCH3 is 3. The lowest BCUT2D eigenvalue weighted by Crippen LogP contribution is -2.29. The van der Waals surface area contributed by atoms with Gasteiger partial charge in [0.05, 0.1) is 42.0 Å². The highest BCUT2D eigenvalue weighted by Crippen LogP contribution is 2.16. The lowest BCUT2D eigenvalue weighted by molar-refractivity contribution is 0.186. The molecule has 0 aliphatic rings. The molecule has 5 rings (SSSR count). The van der Waals surface area contributed by atoms with Crippen molar-refractivity contribution in [2.75, 3.05) is 47.0 Å². The summed E-state index contributed by atoms with van der Waals surface area (Å²) in [5.41, 5.74) is 3.39. The molecule has 0 aliphatic heterocycles. The Labute approximate surface area is 342 Å². The monoisotopic (exact) mass is 909 g/mol. The minimum absolute atomic E-state index is 0.00708. The van der Waals surface area contributed by atoms with Crippen molar-refractivity contribution >= 4 is 56.0 Å². The molecule has 0 amide bonds. The maximum absolute atomic E-state index is 12.3. The number of benzene rings is 2. The standard InChI is InChI=1S/C15H17NO3.C8H10BrNO2.C7H9BO3.C5H4BrNO.C3H7ClO/c1-19-10-9-16-8-2-3-14(15(16)18)13-6-4-12(11-17)5-7-13;1-12-6-5-10-4-2-3-7(9)8(10)11;9-5-6-1-3-7(4-2-6)8(10)11;6-4-2-1-3-7-5(4)8;1-5-3-2-4/h2-8,17H,9-11H2,1H3;2-4H,5-6H2,1H3;1-4,9-11H,5H2;1-3H,(H,7,8);2-3H2,1H3. The van der Waals surface area contributed by atoms with Crippen LogP contribution < -0.4 is 22.1 Å². The highest BCUT2D eigenvalue weighted by molar-refractivity contribution is 9.10. The summed E-state index contributed by atoms with van der Waals surface area (Å²) in [6, 6.07) is 24.4. The Bertz CT molecular complexity index is 1940. The molecule has 0 spiro atoms. The summed E-state index contributed by atoms with van der Waals surface area (Å²) in [5.74, 6) is 0.594. The first-order chi connectivity index (χ1) is 26.5. The summed E-state index contributed by atoms with van der Waals surface area (Å²) in [4.78, 5) is 36.6. The first-order valence-electron chi connectivity index (χ1n) is 16.6. The molecule has 55 heavy (non-hydrogen) atoms. The molecule has 3 heterocycles. The van der Waals surface area contributed by atoms with Crippen LogP contribution in [0.15, 0.2) is 127 Å². The van der Waals surface area contributed by atoms with E-state index in [2.05, 4.69) is 41.6 Å². The number of nitrogens with one attached hydrogen (secondary N) is 1. The van der Waals surface area contributed by atoms with E-state index < -0.39 is 7.12 Å². The maximum atomic E-state index is 12.3. The zero-order valence-electron chi connectivity index (χ0n) is 30.8. The Hall–Kier alpha value is -3.68. The number of halogens is 3. The van der Waals surface area contributed by atoms with Gasteiger partial charge in [-0.3, -0.25) is 14.4 Å². The van der Waals surface area contributed by atoms with E-state index >= 15 is 0 Å². The van der Waals surface area contributed by atoms with Crippen LogP contribution >= 0.6 is 43.5 Å². The Morgan fingerprint density at radius 1 is 0.673 bits per heavy atom. The number of rotatable bonds is 12. The van der Waals surface area contributed by atoms with E-state index in [0.717, 1.165) is 16.7 Å². The predicted molar refractivity (Wildman–Crippen MR) is 224 cm³/mol. The second-order valence-corrected chi connectivity index (χ2v) is 13.0. The number of hydrogen-bond acceptors (Lipinski definition) is 10. The number of nitrogens with zero attached hydrogens (tertiary/aromatic N) is 2. The van der Waals surface area contributed by atoms with Crippen LogP contribution in [0.2, 0.25) is 0 Å². The van der Waals surface area contributed by atoms with Crippen molar-refractivity contribution < 1.29 is 34.5 Å². The van der Waals surface area contributed by atoms with Crippen LogP contribution in [0.5, 0.6) is 0 Å². The van der Waals surface area contributed by atoms with E-state index in [1.807, 2.05) is 36.4 Å². The van der Waals surface area contributed by atoms with Gasteiger partial charge >= 0.3 is 7.12 Å². The quantitative estimate of drug-likeness (QED) is 0.0913. The van der Waals surface area contributed by atoms with Crippen molar-refractivity contribution in [1.82, 2.24) is 14.1 Å². The molecule has 0 atom stereocenters. The van der Waals surface area contributed by atoms with Crippen LogP contribution in [0, 0.1) is 0 Å². The molecule has 5 aromatic rings. The van der Waals surface area contributed by atoms with Crippen molar-refractivity contribution in [2.45, 2.75) is 26.3 Å². The molecule has 0 fully saturated rings. The fourth-order valence-electron chi connectivity index (χ4n) is 4.06. The van der Waals surface area contributed by atoms with Crippen molar-refractivity contribution in [2.24, 2.45) is 0 Å². The van der Waals surface area contributed by atoms with Crippen LogP contribution in [-0.2, 0) is 40.5 Å². The number of aromatic amines is 1. The first kappa shape index (κ1) is 49.3. The average Bonchev–Trinajstić information content (AvgIpc) is 3.20.